The summed E-state index contributed by atoms with van der Waals surface area (Å²) < 4.78 is 10.9. The van der Waals surface area contributed by atoms with Crippen molar-refractivity contribution in [2.75, 3.05) is 18.1 Å². The van der Waals surface area contributed by atoms with Crippen molar-refractivity contribution in [2.45, 2.75) is 6.10 Å². The number of rotatable bonds is 3. The van der Waals surface area contributed by atoms with Crippen LogP contribution in [0.2, 0.25) is 0 Å². The fourth-order valence-electron chi connectivity index (χ4n) is 1.76. The molecule has 0 aromatic carbocycles. The Bertz CT molecular complexity index is 586. The van der Waals surface area contributed by atoms with Crippen LogP contribution < -0.4 is 0 Å². The van der Waals surface area contributed by atoms with Crippen LogP contribution >= 0.6 is 23.1 Å². The quantitative estimate of drug-likeness (QED) is 0.939. The van der Waals surface area contributed by atoms with E-state index in [1.807, 2.05) is 17.1 Å². The van der Waals surface area contributed by atoms with Gasteiger partial charge in [-0.15, -0.1) is 11.3 Å². The van der Waals surface area contributed by atoms with E-state index in [9.17, 15) is 4.79 Å². The van der Waals surface area contributed by atoms with E-state index in [-0.39, 0.29) is 11.7 Å². The third kappa shape index (κ3) is 2.68. The first-order valence-corrected chi connectivity index (χ1v) is 7.74. The van der Waals surface area contributed by atoms with Gasteiger partial charge in [-0.05, 0) is 0 Å². The fraction of sp³-hybridized carbons (Fsp3) is 0.333. The summed E-state index contributed by atoms with van der Waals surface area (Å²) in [6, 6.07) is 1.48. The third-order valence-electron chi connectivity index (χ3n) is 2.71. The number of hydrogen-bond donors (Lipinski definition) is 1. The molecule has 0 radical (unpaired) electrons. The molecule has 0 aliphatic carbocycles. The van der Waals surface area contributed by atoms with Crippen LogP contribution in [0.25, 0.3) is 11.5 Å². The Morgan fingerprint density at radius 3 is 3.11 bits per heavy atom. The molecule has 1 aliphatic heterocycles. The van der Waals surface area contributed by atoms with Gasteiger partial charge in [0.05, 0.1) is 12.2 Å². The van der Waals surface area contributed by atoms with Gasteiger partial charge in [0.1, 0.15) is 23.1 Å². The summed E-state index contributed by atoms with van der Waals surface area (Å²) in [6.45, 7) is 0.744. The molecular formula is C12H11NO4S2. The number of aromatic carboxylic acids is 1. The van der Waals surface area contributed by atoms with Crippen LogP contribution in [0.3, 0.4) is 0 Å². The molecular weight excluding hydrogens is 286 g/mol. The van der Waals surface area contributed by atoms with Gasteiger partial charge in [0.15, 0.2) is 5.76 Å². The van der Waals surface area contributed by atoms with Gasteiger partial charge in [-0.1, -0.05) is 0 Å². The molecule has 1 atom stereocenters. The summed E-state index contributed by atoms with van der Waals surface area (Å²) in [5, 5.41) is 11.6. The number of ether oxygens (including phenoxy) is 1. The van der Waals surface area contributed by atoms with E-state index in [1.165, 1.54) is 23.7 Å². The zero-order chi connectivity index (χ0) is 13.2. The summed E-state index contributed by atoms with van der Waals surface area (Å²) in [5.41, 5.74) is 0.792. The van der Waals surface area contributed by atoms with Crippen molar-refractivity contribution < 1.29 is 19.1 Å². The van der Waals surface area contributed by atoms with E-state index in [0.717, 1.165) is 23.1 Å². The molecule has 0 bridgehead atoms. The number of carboxylic acids is 1. The number of carboxylic acid groups (broad SMARTS) is 1. The van der Waals surface area contributed by atoms with Crippen molar-refractivity contribution in [3.63, 3.8) is 0 Å². The van der Waals surface area contributed by atoms with Crippen LogP contribution in [0, 0.1) is 0 Å². The number of thiazole rings is 1. The molecule has 1 aliphatic rings. The molecule has 1 unspecified atom stereocenters. The van der Waals surface area contributed by atoms with Gasteiger partial charge in [0, 0.05) is 23.0 Å². The average molecular weight is 297 g/mol. The summed E-state index contributed by atoms with van der Waals surface area (Å²) in [4.78, 5) is 15.3. The highest BCUT2D eigenvalue weighted by Crippen LogP contribution is 2.32. The van der Waals surface area contributed by atoms with Crippen LogP contribution in [0.15, 0.2) is 22.1 Å². The predicted molar refractivity (Wildman–Crippen MR) is 72.8 cm³/mol. The zero-order valence-electron chi connectivity index (χ0n) is 9.87. The number of hydrogen-bond acceptors (Lipinski definition) is 6. The highest BCUT2D eigenvalue weighted by molar-refractivity contribution is 7.99. The highest BCUT2D eigenvalue weighted by atomic mass is 32.2. The Morgan fingerprint density at radius 1 is 1.53 bits per heavy atom. The molecule has 0 amide bonds. The molecule has 5 nitrogen and oxygen atoms in total. The fourth-order valence-corrected chi connectivity index (χ4v) is 3.57. The van der Waals surface area contributed by atoms with Crippen molar-refractivity contribution in [3.8, 4) is 11.5 Å². The van der Waals surface area contributed by atoms with E-state index in [0.29, 0.717) is 11.5 Å². The molecule has 2 aromatic rings. The van der Waals surface area contributed by atoms with E-state index < -0.39 is 5.97 Å². The molecule has 1 saturated heterocycles. The lowest BCUT2D eigenvalue weighted by molar-refractivity contribution is 0.0696. The van der Waals surface area contributed by atoms with Gasteiger partial charge in [0.2, 0.25) is 0 Å². The summed E-state index contributed by atoms with van der Waals surface area (Å²) in [7, 11) is 0. The van der Waals surface area contributed by atoms with Crippen molar-refractivity contribution in [1.82, 2.24) is 4.98 Å². The Hall–Kier alpha value is -1.31. The smallest absolute Gasteiger partial charge is 0.338 e. The van der Waals surface area contributed by atoms with E-state index in [4.69, 9.17) is 14.3 Å². The summed E-state index contributed by atoms with van der Waals surface area (Å²) in [6.07, 6.45) is 1.26. The topological polar surface area (TPSA) is 72.6 Å². The minimum Gasteiger partial charge on any atom is -0.478 e. The number of carbonyl (C=O) groups is 1. The Balaban J connectivity index is 1.81. The summed E-state index contributed by atoms with van der Waals surface area (Å²) in [5.74, 6) is 1.40. The number of aromatic nitrogens is 1. The van der Waals surface area contributed by atoms with Crippen LogP contribution in [0.1, 0.15) is 21.5 Å². The minimum absolute atomic E-state index is 0.0337. The first kappa shape index (κ1) is 12.7. The third-order valence-corrected chi connectivity index (χ3v) is 4.64. The molecule has 100 valence electrons. The van der Waals surface area contributed by atoms with Crippen LogP contribution in [-0.4, -0.2) is 34.2 Å². The minimum atomic E-state index is -1.00. The van der Waals surface area contributed by atoms with Crippen LogP contribution in [0.5, 0.6) is 0 Å². The summed E-state index contributed by atoms with van der Waals surface area (Å²) >= 11 is 3.36. The predicted octanol–water partition coefficient (Wildman–Crippen LogP) is 2.91. The molecule has 3 rings (SSSR count). The molecule has 1 fully saturated rings. The van der Waals surface area contributed by atoms with Gasteiger partial charge in [0.25, 0.3) is 0 Å². The second-order valence-corrected chi connectivity index (χ2v) is 6.05. The number of thioether (sulfide) groups is 1. The molecule has 19 heavy (non-hydrogen) atoms. The molecule has 0 saturated carbocycles. The Labute approximate surface area is 117 Å². The maximum atomic E-state index is 10.8. The van der Waals surface area contributed by atoms with Crippen molar-refractivity contribution in [2.24, 2.45) is 0 Å². The van der Waals surface area contributed by atoms with Crippen molar-refractivity contribution in [1.29, 1.82) is 0 Å². The van der Waals surface area contributed by atoms with E-state index in [1.54, 1.807) is 0 Å². The van der Waals surface area contributed by atoms with Crippen molar-refractivity contribution >= 4 is 29.1 Å². The molecule has 3 heterocycles. The standard InChI is InChI=1S/C12H11NO4S2/c14-12(15)7-3-9(17-4-7)8-5-19-11(13-8)10-6-18-2-1-16-10/h3-5,10H,1-2,6H2,(H,14,15). The van der Waals surface area contributed by atoms with Gasteiger partial charge < -0.3 is 14.3 Å². The second-order valence-electron chi connectivity index (χ2n) is 4.01. The highest BCUT2D eigenvalue weighted by Gasteiger charge is 2.21. The van der Waals surface area contributed by atoms with Gasteiger partial charge >= 0.3 is 5.97 Å². The van der Waals surface area contributed by atoms with Gasteiger partial charge in [-0.2, -0.15) is 11.8 Å². The normalized spacial score (nSPS) is 19.5. The van der Waals surface area contributed by atoms with E-state index >= 15 is 0 Å². The Kier molecular flexibility index (Phi) is 3.58. The molecule has 7 heteroatoms. The maximum Gasteiger partial charge on any atom is 0.338 e. The number of furan rings is 1. The first-order valence-electron chi connectivity index (χ1n) is 5.71. The Morgan fingerprint density at radius 2 is 2.42 bits per heavy atom. The second kappa shape index (κ2) is 5.36. The molecule has 1 N–H and O–H groups in total. The van der Waals surface area contributed by atoms with Gasteiger partial charge in [-0.3, -0.25) is 0 Å². The van der Waals surface area contributed by atoms with Gasteiger partial charge in [-0.25, -0.2) is 9.78 Å². The average Bonchev–Trinajstić information content (AvgIpc) is 3.09. The largest absolute Gasteiger partial charge is 0.478 e. The maximum absolute atomic E-state index is 10.8. The molecule has 2 aromatic heterocycles. The lowest BCUT2D eigenvalue weighted by atomic mass is 10.3. The first-order chi connectivity index (χ1) is 9.24. The van der Waals surface area contributed by atoms with Crippen molar-refractivity contribution in [3.05, 3.63) is 28.3 Å². The zero-order valence-corrected chi connectivity index (χ0v) is 11.5. The van der Waals surface area contributed by atoms with Crippen LogP contribution in [0.4, 0.5) is 0 Å². The number of nitrogens with zero attached hydrogens (tertiary/aromatic N) is 1. The SMILES string of the molecule is O=C(O)c1coc(-c2csc(C3CSCCO3)n2)c1. The monoisotopic (exact) mass is 297 g/mol. The van der Waals surface area contributed by atoms with Crippen LogP contribution in [-0.2, 0) is 4.74 Å². The van der Waals surface area contributed by atoms with E-state index in [2.05, 4.69) is 4.98 Å². The lowest BCUT2D eigenvalue weighted by Gasteiger charge is -2.19. The molecule has 0 spiro atoms. The lowest BCUT2D eigenvalue weighted by Crippen LogP contribution is -2.15.